The van der Waals surface area contributed by atoms with Crippen molar-refractivity contribution in [2.45, 2.75) is 6.42 Å². The van der Waals surface area contributed by atoms with Crippen molar-refractivity contribution in [1.82, 2.24) is 0 Å². The summed E-state index contributed by atoms with van der Waals surface area (Å²) >= 11 is 0. The second-order valence-electron chi connectivity index (χ2n) is 2.60. The largest absolute Gasteiger partial charge is 0.396 e. The van der Waals surface area contributed by atoms with Gasteiger partial charge in [-0.2, -0.15) is 0 Å². The molecule has 0 saturated carbocycles. The van der Waals surface area contributed by atoms with Crippen molar-refractivity contribution >= 4 is 5.91 Å². The van der Waals surface area contributed by atoms with E-state index in [0.29, 0.717) is 0 Å². The summed E-state index contributed by atoms with van der Waals surface area (Å²) in [5.41, 5.74) is 5.34. The van der Waals surface area contributed by atoms with Crippen molar-refractivity contribution < 1.29 is 14.3 Å². The minimum atomic E-state index is -0.678. The first-order valence-electron chi connectivity index (χ1n) is 3.85. The SMILES string of the molecule is NC(=O)c1cccc(F)c1CCO. The molecule has 0 atom stereocenters. The minimum absolute atomic E-state index is 0.102. The van der Waals surface area contributed by atoms with E-state index in [2.05, 4.69) is 0 Å². The average molecular weight is 183 g/mol. The molecule has 70 valence electrons. The zero-order valence-corrected chi connectivity index (χ0v) is 6.96. The van der Waals surface area contributed by atoms with E-state index < -0.39 is 11.7 Å². The second-order valence-corrected chi connectivity index (χ2v) is 2.60. The number of halogens is 1. The van der Waals surface area contributed by atoms with Crippen molar-refractivity contribution in [2.24, 2.45) is 5.73 Å². The van der Waals surface area contributed by atoms with Gasteiger partial charge in [0, 0.05) is 17.7 Å². The summed E-state index contributed by atoms with van der Waals surface area (Å²) in [6.45, 7) is -0.207. The molecule has 0 aliphatic rings. The first-order chi connectivity index (χ1) is 6.16. The Labute approximate surface area is 75.0 Å². The minimum Gasteiger partial charge on any atom is -0.396 e. The van der Waals surface area contributed by atoms with Gasteiger partial charge in [0.2, 0.25) is 5.91 Å². The normalized spacial score (nSPS) is 10.0. The lowest BCUT2D eigenvalue weighted by atomic mass is 10.0. The van der Waals surface area contributed by atoms with Gasteiger partial charge < -0.3 is 10.8 Å². The van der Waals surface area contributed by atoms with E-state index in [1.54, 1.807) is 0 Å². The van der Waals surface area contributed by atoms with Crippen molar-refractivity contribution in [2.75, 3.05) is 6.61 Å². The first kappa shape index (κ1) is 9.67. The number of primary amides is 1. The van der Waals surface area contributed by atoms with E-state index >= 15 is 0 Å². The summed E-state index contributed by atoms with van der Waals surface area (Å²) in [7, 11) is 0. The van der Waals surface area contributed by atoms with Crippen molar-refractivity contribution in [1.29, 1.82) is 0 Å². The molecule has 3 nitrogen and oxygen atoms in total. The van der Waals surface area contributed by atoms with Gasteiger partial charge in [0.05, 0.1) is 0 Å². The van der Waals surface area contributed by atoms with E-state index in [9.17, 15) is 9.18 Å². The first-order valence-corrected chi connectivity index (χ1v) is 3.85. The summed E-state index contributed by atoms with van der Waals surface area (Å²) < 4.78 is 13.1. The Morgan fingerprint density at radius 2 is 2.23 bits per heavy atom. The summed E-state index contributed by atoms with van der Waals surface area (Å²) in [4.78, 5) is 10.8. The maximum Gasteiger partial charge on any atom is 0.249 e. The number of aliphatic hydroxyl groups excluding tert-OH is 1. The molecule has 1 amide bonds. The van der Waals surface area contributed by atoms with Gasteiger partial charge >= 0.3 is 0 Å². The van der Waals surface area contributed by atoms with Crippen LogP contribution in [0.25, 0.3) is 0 Å². The van der Waals surface area contributed by atoms with Crippen molar-refractivity contribution in [3.05, 3.63) is 35.1 Å². The lowest BCUT2D eigenvalue weighted by Crippen LogP contribution is -2.15. The molecule has 0 bridgehead atoms. The van der Waals surface area contributed by atoms with E-state index in [0.717, 1.165) is 0 Å². The van der Waals surface area contributed by atoms with Crippen molar-refractivity contribution in [3.8, 4) is 0 Å². The number of hydrogen-bond acceptors (Lipinski definition) is 2. The zero-order chi connectivity index (χ0) is 9.84. The number of amides is 1. The Morgan fingerprint density at radius 3 is 2.77 bits per heavy atom. The van der Waals surface area contributed by atoms with Gasteiger partial charge in [-0.25, -0.2) is 4.39 Å². The fourth-order valence-electron chi connectivity index (χ4n) is 1.16. The van der Waals surface area contributed by atoms with E-state index in [1.165, 1.54) is 18.2 Å². The van der Waals surface area contributed by atoms with Crippen LogP contribution in [0.1, 0.15) is 15.9 Å². The molecule has 0 saturated heterocycles. The lowest BCUT2D eigenvalue weighted by Gasteiger charge is -2.05. The van der Waals surface area contributed by atoms with Crippen LogP contribution in [0.3, 0.4) is 0 Å². The van der Waals surface area contributed by atoms with Crippen LogP contribution in [-0.2, 0) is 6.42 Å². The molecular weight excluding hydrogens is 173 g/mol. The number of rotatable bonds is 3. The number of carbonyl (C=O) groups excluding carboxylic acids is 1. The molecule has 0 aliphatic heterocycles. The molecule has 1 aromatic rings. The molecule has 0 aliphatic carbocycles. The van der Waals surface area contributed by atoms with E-state index in [-0.39, 0.29) is 24.2 Å². The maximum absolute atomic E-state index is 13.1. The van der Waals surface area contributed by atoms with Gasteiger partial charge in [-0.15, -0.1) is 0 Å². The number of carbonyl (C=O) groups is 1. The standard InChI is InChI=1S/C9H10FNO2/c10-8-3-1-2-7(9(11)13)6(8)4-5-12/h1-3,12H,4-5H2,(H2,11,13). The molecule has 0 aromatic heterocycles. The van der Waals surface area contributed by atoms with Gasteiger partial charge in [-0.05, 0) is 18.6 Å². The number of aliphatic hydroxyl groups is 1. The second kappa shape index (κ2) is 4.00. The Bertz CT molecular complexity index is 325. The highest BCUT2D eigenvalue weighted by Crippen LogP contribution is 2.13. The summed E-state index contributed by atoms with van der Waals surface area (Å²) in [6, 6.07) is 4.09. The number of nitrogens with two attached hydrogens (primary N) is 1. The Balaban J connectivity index is 3.17. The quantitative estimate of drug-likeness (QED) is 0.715. The summed E-state index contributed by atoms with van der Waals surface area (Å²) in [6.07, 6.45) is 0.102. The van der Waals surface area contributed by atoms with Gasteiger partial charge in [-0.1, -0.05) is 6.07 Å². The third kappa shape index (κ3) is 2.03. The molecular formula is C9H10FNO2. The van der Waals surface area contributed by atoms with Crippen LogP contribution < -0.4 is 5.73 Å². The van der Waals surface area contributed by atoms with Crippen LogP contribution in [0, 0.1) is 5.82 Å². The predicted molar refractivity (Wildman–Crippen MR) is 45.7 cm³/mol. The zero-order valence-electron chi connectivity index (χ0n) is 6.96. The molecule has 0 unspecified atom stereocenters. The van der Waals surface area contributed by atoms with Crippen LogP contribution >= 0.6 is 0 Å². The fraction of sp³-hybridized carbons (Fsp3) is 0.222. The molecule has 0 fully saturated rings. The fourth-order valence-corrected chi connectivity index (χ4v) is 1.16. The lowest BCUT2D eigenvalue weighted by molar-refractivity contribution is 0.0998. The number of benzene rings is 1. The molecule has 4 heteroatoms. The predicted octanol–water partition coefficient (Wildman–Crippen LogP) is 0.459. The Hall–Kier alpha value is -1.42. The van der Waals surface area contributed by atoms with Crippen LogP contribution in [0.5, 0.6) is 0 Å². The van der Waals surface area contributed by atoms with E-state index in [4.69, 9.17) is 10.8 Å². The monoisotopic (exact) mass is 183 g/mol. The maximum atomic E-state index is 13.1. The van der Waals surface area contributed by atoms with Gasteiger partial charge in [-0.3, -0.25) is 4.79 Å². The number of hydrogen-bond donors (Lipinski definition) is 2. The molecule has 0 spiro atoms. The highest BCUT2D eigenvalue weighted by molar-refractivity contribution is 5.94. The summed E-state index contributed by atoms with van der Waals surface area (Å²) in [5, 5.41) is 8.63. The smallest absolute Gasteiger partial charge is 0.249 e. The van der Waals surface area contributed by atoms with Crippen molar-refractivity contribution in [3.63, 3.8) is 0 Å². The molecule has 13 heavy (non-hydrogen) atoms. The summed E-state index contributed by atoms with van der Waals surface area (Å²) in [5.74, 6) is -1.19. The van der Waals surface area contributed by atoms with Gasteiger partial charge in [0.1, 0.15) is 5.82 Å². The van der Waals surface area contributed by atoms with Crippen LogP contribution in [0.15, 0.2) is 18.2 Å². The topological polar surface area (TPSA) is 63.3 Å². The van der Waals surface area contributed by atoms with Gasteiger partial charge in [0.15, 0.2) is 0 Å². The Kier molecular flexibility index (Phi) is 2.97. The molecule has 1 aromatic carbocycles. The highest BCUT2D eigenvalue weighted by Gasteiger charge is 2.11. The molecule has 0 radical (unpaired) electrons. The third-order valence-electron chi connectivity index (χ3n) is 1.75. The molecule has 1 rings (SSSR count). The third-order valence-corrected chi connectivity index (χ3v) is 1.75. The van der Waals surface area contributed by atoms with Crippen LogP contribution in [0.2, 0.25) is 0 Å². The van der Waals surface area contributed by atoms with Crippen LogP contribution in [0.4, 0.5) is 4.39 Å². The molecule has 0 heterocycles. The van der Waals surface area contributed by atoms with E-state index in [1.807, 2.05) is 0 Å². The highest BCUT2D eigenvalue weighted by atomic mass is 19.1. The molecule has 3 N–H and O–H groups in total. The Morgan fingerprint density at radius 1 is 1.54 bits per heavy atom. The van der Waals surface area contributed by atoms with Crippen LogP contribution in [-0.4, -0.2) is 17.6 Å². The van der Waals surface area contributed by atoms with Gasteiger partial charge in [0.25, 0.3) is 0 Å². The average Bonchev–Trinajstić information content (AvgIpc) is 2.08.